The number of hydrogen-bond donors (Lipinski definition) is 0. The number of carbonyl (C=O) groups excluding carboxylic acids is 1. The maximum absolute atomic E-state index is 11.3. The van der Waals surface area contributed by atoms with Gasteiger partial charge in [-0.15, -0.1) is 12.4 Å². The molecule has 76 valence electrons. The minimum atomic E-state index is -0.0869. The normalized spacial score (nSPS) is 14.4. The summed E-state index contributed by atoms with van der Waals surface area (Å²) in [5.74, 6) is -0.0430. The quantitative estimate of drug-likeness (QED) is 0.666. The molecule has 0 N–H and O–H groups in total. The van der Waals surface area contributed by atoms with Gasteiger partial charge in [-0.25, -0.2) is 0 Å². The summed E-state index contributed by atoms with van der Waals surface area (Å²) in [5, 5.41) is 0. The van der Waals surface area contributed by atoms with Crippen LogP contribution in [0.1, 0.15) is 11.1 Å². The fourth-order valence-corrected chi connectivity index (χ4v) is 1.89. The summed E-state index contributed by atoms with van der Waals surface area (Å²) < 4.78 is 4.73. The number of fused-ring (bicyclic) bond motifs is 1. The first-order valence-electron chi connectivity index (χ1n) is 4.46. The molecular weight excluding hydrogens is 200 g/mol. The van der Waals surface area contributed by atoms with Crippen molar-refractivity contribution in [2.45, 2.75) is 12.8 Å². The zero-order chi connectivity index (χ0) is 9.26. The predicted molar refractivity (Wildman–Crippen MR) is 56.6 cm³/mol. The van der Waals surface area contributed by atoms with Gasteiger partial charge < -0.3 is 4.74 Å². The zero-order valence-corrected chi connectivity index (χ0v) is 8.84. The second kappa shape index (κ2) is 4.47. The van der Waals surface area contributed by atoms with Crippen LogP contribution in [0.4, 0.5) is 0 Å². The molecule has 0 heterocycles. The van der Waals surface area contributed by atoms with E-state index in [0.29, 0.717) is 0 Å². The van der Waals surface area contributed by atoms with Crippen LogP contribution < -0.4 is 0 Å². The molecule has 0 atom stereocenters. The second-order valence-electron chi connectivity index (χ2n) is 3.40. The first kappa shape index (κ1) is 11.1. The molecule has 3 heteroatoms. The standard InChI is InChI=1S/C11H12O2.ClH/c1-13-11(12)10-6-8-4-2-3-5-9(8)7-10;/h2-5,10H,6-7H2,1H3;1H. The third kappa shape index (κ3) is 1.90. The summed E-state index contributed by atoms with van der Waals surface area (Å²) in [5.41, 5.74) is 2.58. The Labute approximate surface area is 89.7 Å². The largest absolute Gasteiger partial charge is 0.469 e. The van der Waals surface area contributed by atoms with E-state index in [1.165, 1.54) is 18.2 Å². The summed E-state index contributed by atoms with van der Waals surface area (Å²) in [7, 11) is 1.45. The average Bonchev–Trinajstić information content (AvgIpc) is 2.59. The molecule has 2 rings (SSSR count). The third-order valence-electron chi connectivity index (χ3n) is 2.59. The topological polar surface area (TPSA) is 26.3 Å². The summed E-state index contributed by atoms with van der Waals surface area (Å²) >= 11 is 0. The molecule has 0 amide bonds. The van der Waals surface area contributed by atoms with Crippen LogP contribution in [-0.4, -0.2) is 13.1 Å². The van der Waals surface area contributed by atoms with E-state index in [0.717, 1.165) is 12.8 Å². The van der Waals surface area contributed by atoms with Crippen LogP contribution in [0.15, 0.2) is 24.3 Å². The number of ether oxygens (including phenoxy) is 1. The lowest BCUT2D eigenvalue weighted by Crippen LogP contribution is -2.15. The summed E-state index contributed by atoms with van der Waals surface area (Å²) in [6.45, 7) is 0. The minimum absolute atomic E-state index is 0. The summed E-state index contributed by atoms with van der Waals surface area (Å²) in [4.78, 5) is 11.3. The van der Waals surface area contributed by atoms with Gasteiger partial charge in [0.25, 0.3) is 0 Å². The van der Waals surface area contributed by atoms with Gasteiger partial charge in [-0.05, 0) is 24.0 Å². The molecule has 1 aromatic rings. The van der Waals surface area contributed by atoms with Crippen LogP contribution in [0.3, 0.4) is 0 Å². The Morgan fingerprint density at radius 3 is 2.21 bits per heavy atom. The average molecular weight is 213 g/mol. The van der Waals surface area contributed by atoms with Crippen molar-refractivity contribution >= 4 is 18.4 Å². The van der Waals surface area contributed by atoms with E-state index in [1.54, 1.807) is 0 Å². The Hall–Kier alpha value is -1.02. The molecule has 2 nitrogen and oxygen atoms in total. The Balaban J connectivity index is 0.000000980. The lowest BCUT2D eigenvalue weighted by atomic mass is 10.1. The van der Waals surface area contributed by atoms with Gasteiger partial charge in [-0.1, -0.05) is 24.3 Å². The van der Waals surface area contributed by atoms with Gasteiger partial charge in [0.1, 0.15) is 0 Å². The Bertz CT molecular complexity index is 311. The van der Waals surface area contributed by atoms with Gasteiger partial charge in [0.05, 0.1) is 13.0 Å². The van der Waals surface area contributed by atoms with Crippen molar-refractivity contribution in [3.63, 3.8) is 0 Å². The fraction of sp³-hybridized carbons (Fsp3) is 0.364. The third-order valence-corrected chi connectivity index (χ3v) is 2.59. The first-order valence-corrected chi connectivity index (χ1v) is 4.46. The highest BCUT2D eigenvalue weighted by Gasteiger charge is 2.27. The van der Waals surface area contributed by atoms with Gasteiger partial charge in [0, 0.05) is 0 Å². The molecule has 0 saturated carbocycles. The second-order valence-corrected chi connectivity index (χ2v) is 3.40. The molecule has 1 aromatic carbocycles. The molecule has 0 saturated heterocycles. The minimum Gasteiger partial charge on any atom is -0.469 e. The number of rotatable bonds is 1. The van der Waals surface area contributed by atoms with E-state index in [2.05, 4.69) is 12.1 Å². The first-order chi connectivity index (χ1) is 6.31. The molecule has 0 aliphatic heterocycles. The Kier molecular flexibility index (Phi) is 3.53. The van der Waals surface area contributed by atoms with Gasteiger partial charge >= 0.3 is 5.97 Å². The monoisotopic (exact) mass is 212 g/mol. The smallest absolute Gasteiger partial charge is 0.309 e. The van der Waals surface area contributed by atoms with Crippen LogP contribution in [0.2, 0.25) is 0 Å². The highest BCUT2D eigenvalue weighted by atomic mass is 35.5. The van der Waals surface area contributed by atoms with Gasteiger partial charge in [0.15, 0.2) is 0 Å². The highest BCUT2D eigenvalue weighted by Crippen LogP contribution is 2.26. The lowest BCUT2D eigenvalue weighted by molar-refractivity contribution is -0.145. The van der Waals surface area contributed by atoms with Crippen molar-refractivity contribution in [1.82, 2.24) is 0 Å². The molecule has 1 aliphatic carbocycles. The maximum atomic E-state index is 11.3. The molecule has 0 radical (unpaired) electrons. The van der Waals surface area contributed by atoms with E-state index in [-0.39, 0.29) is 24.3 Å². The fourth-order valence-electron chi connectivity index (χ4n) is 1.89. The summed E-state index contributed by atoms with van der Waals surface area (Å²) in [6.07, 6.45) is 1.67. The van der Waals surface area contributed by atoms with E-state index < -0.39 is 0 Å². The van der Waals surface area contributed by atoms with Crippen molar-refractivity contribution in [2.24, 2.45) is 5.92 Å². The van der Waals surface area contributed by atoms with E-state index in [4.69, 9.17) is 4.74 Å². The highest BCUT2D eigenvalue weighted by molar-refractivity contribution is 5.85. The van der Waals surface area contributed by atoms with E-state index in [9.17, 15) is 4.79 Å². The van der Waals surface area contributed by atoms with Crippen LogP contribution in [0.5, 0.6) is 0 Å². The Morgan fingerprint density at radius 2 is 1.79 bits per heavy atom. The molecule has 1 aliphatic rings. The van der Waals surface area contributed by atoms with Crippen molar-refractivity contribution in [3.05, 3.63) is 35.4 Å². The van der Waals surface area contributed by atoms with Crippen LogP contribution >= 0.6 is 12.4 Å². The molecule has 0 bridgehead atoms. The van der Waals surface area contributed by atoms with Crippen molar-refractivity contribution < 1.29 is 9.53 Å². The molecule has 0 spiro atoms. The van der Waals surface area contributed by atoms with E-state index >= 15 is 0 Å². The predicted octanol–water partition coefficient (Wildman–Crippen LogP) is 2.00. The maximum Gasteiger partial charge on any atom is 0.309 e. The summed E-state index contributed by atoms with van der Waals surface area (Å²) in [6, 6.07) is 8.19. The number of esters is 1. The van der Waals surface area contributed by atoms with Crippen LogP contribution in [0, 0.1) is 5.92 Å². The number of carbonyl (C=O) groups is 1. The SMILES string of the molecule is COC(=O)C1Cc2ccccc2C1.Cl. The van der Waals surface area contributed by atoms with Crippen molar-refractivity contribution in [1.29, 1.82) is 0 Å². The number of halogens is 1. The number of benzene rings is 1. The zero-order valence-electron chi connectivity index (χ0n) is 8.03. The van der Waals surface area contributed by atoms with Crippen molar-refractivity contribution in [2.75, 3.05) is 7.11 Å². The van der Waals surface area contributed by atoms with E-state index in [1.807, 2.05) is 12.1 Å². The van der Waals surface area contributed by atoms with Crippen molar-refractivity contribution in [3.8, 4) is 0 Å². The van der Waals surface area contributed by atoms with Gasteiger partial charge in [-0.2, -0.15) is 0 Å². The number of methoxy groups -OCH3 is 1. The molecule has 0 fully saturated rings. The molecule has 0 unspecified atom stereocenters. The molecule has 0 aromatic heterocycles. The van der Waals surface area contributed by atoms with Gasteiger partial charge in [0.2, 0.25) is 0 Å². The van der Waals surface area contributed by atoms with Crippen LogP contribution in [-0.2, 0) is 22.4 Å². The molecule has 14 heavy (non-hydrogen) atoms. The van der Waals surface area contributed by atoms with Gasteiger partial charge in [-0.3, -0.25) is 4.79 Å². The number of hydrogen-bond acceptors (Lipinski definition) is 2. The Morgan fingerprint density at radius 1 is 1.29 bits per heavy atom. The molecular formula is C11H13ClO2. The van der Waals surface area contributed by atoms with Crippen LogP contribution in [0.25, 0.3) is 0 Å². The lowest BCUT2D eigenvalue weighted by Gasteiger charge is -2.04.